The van der Waals surface area contributed by atoms with E-state index in [0.717, 1.165) is 28.8 Å². The molecule has 0 saturated carbocycles. The number of nitrogens with one attached hydrogen (secondary N) is 1. The van der Waals surface area contributed by atoms with Crippen LogP contribution in [0.4, 0.5) is 5.69 Å². The van der Waals surface area contributed by atoms with Crippen LogP contribution in [0, 0.1) is 13.8 Å². The second-order valence-corrected chi connectivity index (χ2v) is 9.43. The number of pyridine rings is 1. The van der Waals surface area contributed by atoms with Crippen LogP contribution in [0.25, 0.3) is 22.3 Å². The second-order valence-electron chi connectivity index (χ2n) is 9.43. The Kier molecular flexibility index (Phi) is 7.48. The van der Waals surface area contributed by atoms with Gasteiger partial charge in [0.05, 0.1) is 22.8 Å². The summed E-state index contributed by atoms with van der Waals surface area (Å²) in [5, 5.41) is 8.15. The van der Waals surface area contributed by atoms with Crippen molar-refractivity contribution in [1.82, 2.24) is 19.7 Å². The van der Waals surface area contributed by atoms with E-state index in [1.165, 1.54) is 0 Å². The minimum atomic E-state index is -0.229. The Balaban J connectivity index is 1.72. The lowest BCUT2D eigenvalue weighted by Gasteiger charge is -2.22. The Bertz CT molecular complexity index is 1390. The van der Waals surface area contributed by atoms with E-state index < -0.39 is 0 Å². The first-order valence-corrected chi connectivity index (χ1v) is 12.4. The summed E-state index contributed by atoms with van der Waals surface area (Å²) in [7, 11) is 0. The number of para-hydroxylation sites is 1. The normalized spacial score (nSPS) is 11.2. The van der Waals surface area contributed by atoms with Crippen LogP contribution in [-0.2, 0) is 4.79 Å². The minimum absolute atomic E-state index is 0.0387. The summed E-state index contributed by atoms with van der Waals surface area (Å²) in [5.41, 5.74) is 5.65. The number of nitrogens with zero attached hydrogens (tertiary/aromatic N) is 4. The van der Waals surface area contributed by atoms with Crippen LogP contribution in [0.15, 0.2) is 60.8 Å². The molecule has 0 bridgehead atoms. The van der Waals surface area contributed by atoms with Crippen molar-refractivity contribution in [2.24, 2.45) is 0 Å². The van der Waals surface area contributed by atoms with Gasteiger partial charge in [-0.25, -0.2) is 9.67 Å². The van der Waals surface area contributed by atoms with Gasteiger partial charge >= 0.3 is 0 Å². The zero-order valence-electron chi connectivity index (χ0n) is 21.6. The summed E-state index contributed by atoms with van der Waals surface area (Å²) < 4.78 is 1.83. The lowest BCUT2D eigenvalue weighted by molar-refractivity contribution is -0.116. The van der Waals surface area contributed by atoms with Gasteiger partial charge in [-0.2, -0.15) is 5.10 Å². The Morgan fingerprint density at radius 2 is 1.78 bits per heavy atom. The smallest absolute Gasteiger partial charge is 0.255 e. The average molecular weight is 484 g/mol. The molecule has 0 unspecified atom stereocenters. The molecule has 2 aromatic carbocycles. The number of fused-ring (bicyclic) bond motifs is 1. The predicted octanol–water partition coefficient (Wildman–Crippen LogP) is 5.79. The van der Waals surface area contributed by atoms with Gasteiger partial charge in [0.1, 0.15) is 6.54 Å². The highest BCUT2D eigenvalue weighted by molar-refractivity contribution is 6.08. The standard InChI is InChI=1S/C29H33N5O2/c1-6-15-33(18-27(35)31-25-10-8-7-9-21(25)5)29(36)23-16-26(22-13-11-20(4)12-14-22)32-28-24(23)17-30-34(28)19(2)3/h7-14,16-17,19H,6,15,18H2,1-5H3,(H,31,35). The maximum Gasteiger partial charge on any atom is 0.255 e. The monoisotopic (exact) mass is 483 g/mol. The molecule has 2 amide bonds. The van der Waals surface area contributed by atoms with Crippen molar-refractivity contribution in [2.75, 3.05) is 18.4 Å². The number of aryl methyl sites for hydroxylation is 2. The quantitative estimate of drug-likeness (QED) is 0.344. The van der Waals surface area contributed by atoms with Gasteiger partial charge in [-0.1, -0.05) is 55.0 Å². The van der Waals surface area contributed by atoms with Gasteiger partial charge < -0.3 is 10.2 Å². The summed E-state index contributed by atoms with van der Waals surface area (Å²) in [4.78, 5) is 33.3. The van der Waals surface area contributed by atoms with Crippen molar-refractivity contribution in [3.8, 4) is 11.3 Å². The second kappa shape index (κ2) is 10.7. The van der Waals surface area contributed by atoms with Crippen LogP contribution in [0.2, 0.25) is 0 Å². The van der Waals surface area contributed by atoms with Crippen LogP contribution in [0.5, 0.6) is 0 Å². The Morgan fingerprint density at radius 3 is 2.44 bits per heavy atom. The Hall–Kier alpha value is -4.00. The van der Waals surface area contributed by atoms with Crippen molar-refractivity contribution in [2.45, 2.75) is 47.1 Å². The van der Waals surface area contributed by atoms with Crippen LogP contribution >= 0.6 is 0 Å². The number of benzene rings is 2. The third kappa shape index (κ3) is 5.30. The summed E-state index contributed by atoms with van der Waals surface area (Å²) >= 11 is 0. The molecule has 7 heteroatoms. The summed E-state index contributed by atoms with van der Waals surface area (Å²) in [5.74, 6) is -0.436. The zero-order chi connectivity index (χ0) is 25.8. The van der Waals surface area contributed by atoms with Crippen LogP contribution < -0.4 is 5.32 Å². The van der Waals surface area contributed by atoms with E-state index >= 15 is 0 Å². The molecular formula is C29H33N5O2. The summed E-state index contributed by atoms with van der Waals surface area (Å²) in [6, 6.07) is 17.6. The average Bonchev–Trinajstić information content (AvgIpc) is 3.29. The van der Waals surface area contributed by atoms with Gasteiger partial charge in [0, 0.05) is 23.8 Å². The molecule has 1 N–H and O–H groups in total. The zero-order valence-corrected chi connectivity index (χ0v) is 21.6. The molecule has 4 rings (SSSR count). The lowest BCUT2D eigenvalue weighted by Crippen LogP contribution is -2.38. The molecule has 0 aliphatic carbocycles. The highest BCUT2D eigenvalue weighted by Crippen LogP contribution is 2.28. The van der Waals surface area contributed by atoms with Crippen molar-refractivity contribution < 1.29 is 9.59 Å². The number of rotatable bonds is 8. The number of hydrogen-bond acceptors (Lipinski definition) is 4. The molecule has 0 aliphatic rings. The molecule has 4 aromatic rings. The highest BCUT2D eigenvalue weighted by Gasteiger charge is 2.24. The number of carbonyl (C=O) groups excluding carboxylic acids is 2. The summed E-state index contributed by atoms with van der Waals surface area (Å²) in [6.07, 6.45) is 2.43. The fourth-order valence-corrected chi connectivity index (χ4v) is 4.21. The van der Waals surface area contributed by atoms with Crippen molar-refractivity contribution >= 4 is 28.5 Å². The maximum atomic E-state index is 13.9. The SMILES string of the molecule is CCCN(CC(=O)Nc1ccccc1C)C(=O)c1cc(-c2ccc(C)cc2)nc2c1cnn2C(C)C. The molecule has 2 aromatic heterocycles. The highest BCUT2D eigenvalue weighted by atomic mass is 16.2. The Morgan fingerprint density at radius 1 is 1.06 bits per heavy atom. The predicted molar refractivity (Wildman–Crippen MR) is 144 cm³/mol. The third-order valence-corrected chi connectivity index (χ3v) is 6.17. The number of amides is 2. The number of carbonyl (C=O) groups is 2. The molecule has 36 heavy (non-hydrogen) atoms. The molecule has 0 fully saturated rings. The number of hydrogen-bond donors (Lipinski definition) is 1. The Labute approximate surface area is 212 Å². The van der Waals surface area contributed by atoms with Gasteiger partial charge in [0.25, 0.3) is 5.91 Å². The summed E-state index contributed by atoms with van der Waals surface area (Å²) in [6.45, 7) is 10.5. The molecule has 0 atom stereocenters. The molecule has 0 radical (unpaired) electrons. The van der Waals surface area contributed by atoms with Crippen LogP contribution in [-0.4, -0.2) is 44.6 Å². The molecule has 0 spiro atoms. The van der Waals surface area contributed by atoms with E-state index in [1.807, 2.05) is 93.9 Å². The molecule has 2 heterocycles. The molecule has 0 aliphatic heterocycles. The van der Waals surface area contributed by atoms with Crippen molar-refractivity contribution in [3.63, 3.8) is 0 Å². The van der Waals surface area contributed by atoms with Crippen molar-refractivity contribution in [3.05, 3.63) is 77.5 Å². The minimum Gasteiger partial charge on any atom is -0.329 e. The van der Waals surface area contributed by atoms with E-state index in [9.17, 15) is 9.59 Å². The molecule has 186 valence electrons. The number of aromatic nitrogens is 3. The van der Waals surface area contributed by atoms with Gasteiger partial charge in [0.2, 0.25) is 5.91 Å². The van der Waals surface area contributed by atoms with E-state index in [-0.39, 0.29) is 24.4 Å². The third-order valence-electron chi connectivity index (χ3n) is 6.17. The fourth-order valence-electron chi connectivity index (χ4n) is 4.21. The first-order valence-electron chi connectivity index (χ1n) is 12.4. The van der Waals surface area contributed by atoms with Gasteiger partial charge in [-0.15, -0.1) is 0 Å². The number of anilines is 1. The van der Waals surface area contributed by atoms with Gasteiger partial charge in [-0.3, -0.25) is 9.59 Å². The van der Waals surface area contributed by atoms with Crippen LogP contribution in [0.1, 0.15) is 54.7 Å². The van der Waals surface area contributed by atoms with E-state index in [1.54, 1.807) is 11.1 Å². The van der Waals surface area contributed by atoms with Gasteiger partial charge in [0.15, 0.2) is 5.65 Å². The largest absolute Gasteiger partial charge is 0.329 e. The molecule has 0 saturated heterocycles. The van der Waals surface area contributed by atoms with Crippen LogP contribution in [0.3, 0.4) is 0 Å². The van der Waals surface area contributed by atoms with E-state index in [2.05, 4.69) is 10.4 Å². The first-order chi connectivity index (χ1) is 17.3. The van der Waals surface area contributed by atoms with E-state index in [0.29, 0.717) is 28.8 Å². The maximum absolute atomic E-state index is 13.9. The molecular weight excluding hydrogens is 450 g/mol. The van der Waals surface area contributed by atoms with E-state index in [4.69, 9.17) is 4.98 Å². The van der Waals surface area contributed by atoms with Gasteiger partial charge in [-0.05, 0) is 51.8 Å². The lowest BCUT2D eigenvalue weighted by atomic mass is 10.0. The topological polar surface area (TPSA) is 80.1 Å². The first kappa shape index (κ1) is 25.1. The van der Waals surface area contributed by atoms with Crippen molar-refractivity contribution in [1.29, 1.82) is 0 Å². The molecule has 7 nitrogen and oxygen atoms in total. The fraction of sp³-hybridized carbons (Fsp3) is 0.310.